The zero-order valence-corrected chi connectivity index (χ0v) is 14.3. The van der Waals surface area contributed by atoms with Gasteiger partial charge in [0.05, 0.1) is 6.04 Å². The lowest BCUT2D eigenvalue weighted by Gasteiger charge is -2.21. The summed E-state index contributed by atoms with van der Waals surface area (Å²) >= 11 is 1.30. The molecule has 1 N–H and O–H groups in total. The van der Waals surface area contributed by atoms with Crippen LogP contribution >= 0.6 is 23.7 Å². The Hall–Kier alpha value is -1.90. The SMILES string of the molecule is CC1NCCn2c(-c3csc(-c4ccc(F)cc4F)n3)nnc21.Cl. The van der Waals surface area contributed by atoms with Gasteiger partial charge in [0.2, 0.25) is 0 Å². The average molecular weight is 370 g/mol. The minimum atomic E-state index is -0.619. The van der Waals surface area contributed by atoms with E-state index in [-0.39, 0.29) is 24.0 Å². The molecule has 1 atom stereocenters. The van der Waals surface area contributed by atoms with Crippen molar-refractivity contribution in [3.05, 3.63) is 41.0 Å². The van der Waals surface area contributed by atoms with Gasteiger partial charge in [0.15, 0.2) is 5.82 Å². The van der Waals surface area contributed by atoms with Crippen molar-refractivity contribution in [3.8, 4) is 22.1 Å². The number of fused-ring (bicyclic) bond motifs is 1. The number of hydrogen-bond donors (Lipinski definition) is 1. The molecule has 0 bridgehead atoms. The molecule has 0 spiro atoms. The molecule has 1 unspecified atom stereocenters. The minimum Gasteiger partial charge on any atom is -0.307 e. The number of halogens is 3. The van der Waals surface area contributed by atoms with Crippen molar-refractivity contribution in [2.75, 3.05) is 6.54 Å². The van der Waals surface area contributed by atoms with Crippen molar-refractivity contribution in [1.82, 2.24) is 25.1 Å². The number of rotatable bonds is 2. The van der Waals surface area contributed by atoms with Crippen LogP contribution in [0.4, 0.5) is 8.78 Å². The summed E-state index contributed by atoms with van der Waals surface area (Å²) < 4.78 is 29.0. The van der Waals surface area contributed by atoms with E-state index in [1.165, 1.54) is 23.5 Å². The molecular formula is C15H14ClF2N5S. The van der Waals surface area contributed by atoms with Gasteiger partial charge in [-0.05, 0) is 19.1 Å². The molecule has 3 heterocycles. The fourth-order valence-electron chi connectivity index (χ4n) is 2.69. The molecule has 1 aliphatic rings. The Bertz CT molecular complexity index is 879. The van der Waals surface area contributed by atoms with Crippen LogP contribution in [-0.2, 0) is 6.54 Å². The number of nitrogens with zero attached hydrogens (tertiary/aromatic N) is 4. The Morgan fingerprint density at radius 2 is 2.12 bits per heavy atom. The molecule has 24 heavy (non-hydrogen) atoms. The number of thiazole rings is 1. The molecule has 9 heteroatoms. The van der Waals surface area contributed by atoms with Gasteiger partial charge in [-0.1, -0.05) is 0 Å². The summed E-state index contributed by atoms with van der Waals surface area (Å²) in [5, 5.41) is 14.1. The van der Waals surface area contributed by atoms with Gasteiger partial charge in [-0.2, -0.15) is 0 Å². The van der Waals surface area contributed by atoms with Crippen molar-refractivity contribution in [3.63, 3.8) is 0 Å². The van der Waals surface area contributed by atoms with E-state index in [4.69, 9.17) is 0 Å². The minimum absolute atomic E-state index is 0. The second kappa shape index (κ2) is 6.54. The first-order valence-corrected chi connectivity index (χ1v) is 8.09. The molecule has 3 aromatic rings. The van der Waals surface area contributed by atoms with Gasteiger partial charge in [0, 0.05) is 30.1 Å². The van der Waals surface area contributed by atoms with Crippen molar-refractivity contribution < 1.29 is 8.78 Å². The first-order chi connectivity index (χ1) is 11.1. The molecule has 0 fully saturated rings. The molecule has 0 saturated heterocycles. The maximum atomic E-state index is 13.9. The molecule has 0 amide bonds. The molecule has 126 valence electrons. The predicted octanol–water partition coefficient (Wildman–Crippen LogP) is 3.43. The summed E-state index contributed by atoms with van der Waals surface area (Å²) in [4.78, 5) is 4.46. The Morgan fingerprint density at radius 3 is 2.92 bits per heavy atom. The van der Waals surface area contributed by atoms with E-state index < -0.39 is 11.6 Å². The quantitative estimate of drug-likeness (QED) is 0.752. The lowest BCUT2D eigenvalue weighted by Crippen LogP contribution is -2.32. The van der Waals surface area contributed by atoms with Gasteiger partial charge < -0.3 is 9.88 Å². The van der Waals surface area contributed by atoms with E-state index >= 15 is 0 Å². The molecule has 2 aromatic heterocycles. The van der Waals surface area contributed by atoms with E-state index in [9.17, 15) is 8.78 Å². The molecule has 1 aromatic carbocycles. The maximum Gasteiger partial charge on any atom is 0.183 e. The van der Waals surface area contributed by atoms with Crippen LogP contribution in [0.3, 0.4) is 0 Å². The standard InChI is InChI=1S/C15H13F2N5S.ClH/c1-8-13-20-21-14(22(13)5-4-18-8)12-7-23-15(19-12)10-3-2-9(16)6-11(10)17;/h2-3,6-8,18H,4-5H2,1H3;1H. The highest BCUT2D eigenvalue weighted by Gasteiger charge is 2.23. The second-order valence-electron chi connectivity index (χ2n) is 5.37. The van der Waals surface area contributed by atoms with E-state index in [2.05, 4.69) is 20.5 Å². The Kier molecular flexibility index (Phi) is 4.62. The highest BCUT2D eigenvalue weighted by atomic mass is 35.5. The highest BCUT2D eigenvalue weighted by molar-refractivity contribution is 7.13. The number of benzene rings is 1. The summed E-state index contributed by atoms with van der Waals surface area (Å²) in [6, 6.07) is 3.63. The van der Waals surface area contributed by atoms with Gasteiger partial charge in [-0.15, -0.1) is 33.9 Å². The third-order valence-corrected chi connectivity index (χ3v) is 4.72. The monoisotopic (exact) mass is 369 g/mol. The van der Waals surface area contributed by atoms with Gasteiger partial charge in [0.25, 0.3) is 0 Å². The second-order valence-corrected chi connectivity index (χ2v) is 6.23. The normalized spacial score (nSPS) is 16.5. The topological polar surface area (TPSA) is 55.6 Å². The van der Waals surface area contributed by atoms with Crippen LogP contribution < -0.4 is 5.32 Å². The summed E-state index contributed by atoms with van der Waals surface area (Å²) in [5.41, 5.74) is 0.942. The van der Waals surface area contributed by atoms with Crippen LogP contribution in [0.2, 0.25) is 0 Å². The van der Waals surface area contributed by atoms with Crippen LogP contribution in [-0.4, -0.2) is 26.3 Å². The molecule has 4 rings (SSSR count). The van der Waals surface area contributed by atoms with E-state index in [0.29, 0.717) is 16.5 Å². The Balaban J connectivity index is 0.00000169. The van der Waals surface area contributed by atoms with E-state index in [1.807, 2.05) is 16.9 Å². The Labute approximate surface area is 147 Å². The smallest absolute Gasteiger partial charge is 0.183 e. The van der Waals surface area contributed by atoms with Crippen molar-refractivity contribution in [2.45, 2.75) is 19.5 Å². The molecule has 1 aliphatic heterocycles. The van der Waals surface area contributed by atoms with Gasteiger partial charge in [-0.25, -0.2) is 13.8 Å². The van der Waals surface area contributed by atoms with Gasteiger partial charge >= 0.3 is 0 Å². The Morgan fingerprint density at radius 1 is 1.29 bits per heavy atom. The molecule has 0 saturated carbocycles. The first kappa shape index (κ1) is 16.9. The lowest BCUT2D eigenvalue weighted by atomic mass is 10.2. The average Bonchev–Trinajstić information content (AvgIpc) is 3.14. The van der Waals surface area contributed by atoms with Crippen LogP contribution in [0.5, 0.6) is 0 Å². The number of hydrogen-bond acceptors (Lipinski definition) is 5. The third-order valence-electron chi connectivity index (χ3n) is 3.85. The van der Waals surface area contributed by atoms with Gasteiger partial charge in [0.1, 0.15) is 28.2 Å². The number of nitrogens with one attached hydrogen (secondary N) is 1. The first-order valence-electron chi connectivity index (χ1n) is 7.21. The maximum absolute atomic E-state index is 13.9. The lowest BCUT2D eigenvalue weighted by molar-refractivity contribution is 0.439. The van der Waals surface area contributed by atoms with Crippen LogP contribution in [0.25, 0.3) is 22.1 Å². The largest absolute Gasteiger partial charge is 0.307 e. The third kappa shape index (κ3) is 2.81. The molecule has 0 radical (unpaired) electrons. The highest BCUT2D eigenvalue weighted by Crippen LogP contribution is 2.31. The van der Waals surface area contributed by atoms with E-state index in [0.717, 1.165) is 25.0 Å². The molecule has 0 aliphatic carbocycles. The summed E-state index contributed by atoms with van der Waals surface area (Å²) in [6.45, 7) is 3.63. The fraction of sp³-hybridized carbons (Fsp3) is 0.267. The number of aromatic nitrogens is 4. The summed E-state index contributed by atoms with van der Waals surface area (Å²) in [7, 11) is 0. The van der Waals surface area contributed by atoms with E-state index in [1.54, 1.807) is 0 Å². The molecular weight excluding hydrogens is 356 g/mol. The predicted molar refractivity (Wildman–Crippen MR) is 90.1 cm³/mol. The zero-order chi connectivity index (χ0) is 16.0. The van der Waals surface area contributed by atoms with Gasteiger partial charge in [-0.3, -0.25) is 0 Å². The molecule has 5 nitrogen and oxygen atoms in total. The van der Waals surface area contributed by atoms with Crippen LogP contribution in [0, 0.1) is 11.6 Å². The van der Waals surface area contributed by atoms with Crippen molar-refractivity contribution in [2.24, 2.45) is 0 Å². The fourth-order valence-corrected chi connectivity index (χ4v) is 3.52. The van der Waals surface area contributed by atoms with Crippen molar-refractivity contribution in [1.29, 1.82) is 0 Å². The van der Waals surface area contributed by atoms with Crippen LogP contribution in [0.1, 0.15) is 18.8 Å². The van der Waals surface area contributed by atoms with Crippen molar-refractivity contribution >= 4 is 23.7 Å². The summed E-state index contributed by atoms with van der Waals surface area (Å²) in [6.07, 6.45) is 0. The van der Waals surface area contributed by atoms with Crippen LogP contribution in [0.15, 0.2) is 23.6 Å². The zero-order valence-electron chi connectivity index (χ0n) is 12.7. The summed E-state index contributed by atoms with van der Waals surface area (Å²) in [5.74, 6) is 0.329.